The second kappa shape index (κ2) is 7.03. The predicted molar refractivity (Wildman–Crippen MR) is 88.7 cm³/mol. The van der Waals surface area contributed by atoms with Gasteiger partial charge in [-0.3, -0.25) is 9.98 Å². The van der Waals surface area contributed by atoms with Crippen LogP contribution in [0.2, 0.25) is 0 Å². The van der Waals surface area contributed by atoms with Crippen LogP contribution in [0, 0.1) is 5.82 Å². The number of aliphatic imine (C=N–C) groups is 1. The fourth-order valence-corrected chi connectivity index (χ4v) is 2.22. The Balaban J connectivity index is 2.18. The van der Waals surface area contributed by atoms with E-state index >= 15 is 0 Å². The molecule has 6 heteroatoms. The summed E-state index contributed by atoms with van der Waals surface area (Å²) in [5.74, 6) is -3.61. The lowest BCUT2D eigenvalue weighted by molar-refractivity contribution is 0.0137. The topological polar surface area (TPSA) is 51.3 Å². The molecule has 24 heavy (non-hydrogen) atoms. The van der Waals surface area contributed by atoms with Gasteiger partial charge in [-0.1, -0.05) is 19.9 Å². The van der Waals surface area contributed by atoms with Gasteiger partial charge in [0.15, 0.2) is 0 Å². The molecule has 0 amide bonds. The molecule has 1 aromatic heterocycles. The van der Waals surface area contributed by atoms with E-state index in [1.54, 1.807) is 6.20 Å². The summed E-state index contributed by atoms with van der Waals surface area (Å²) in [7, 11) is 0. The summed E-state index contributed by atoms with van der Waals surface area (Å²) >= 11 is 0. The van der Waals surface area contributed by atoms with Gasteiger partial charge in [-0.05, 0) is 41.3 Å². The third-order valence-electron chi connectivity index (χ3n) is 3.65. The van der Waals surface area contributed by atoms with Gasteiger partial charge in [0.05, 0.1) is 12.1 Å². The highest BCUT2D eigenvalue weighted by atomic mass is 19.3. The molecule has 0 aliphatic heterocycles. The van der Waals surface area contributed by atoms with Crippen LogP contribution in [0.4, 0.5) is 13.2 Å². The number of nitrogens with two attached hydrogens (primary N) is 1. The molecule has 0 saturated heterocycles. The van der Waals surface area contributed by atoms with Crippen molar-refractivity contribution in [2.24, 2.45) is 10.7 Å². The van der Waals surface area contributed by atoms with Crippen LogP contribution in [-0.2, 0) is 12.5 Å². The summed E-state index contributed by atoms with van der Waals surface area (Å²) in [5.41, 5.74) is 7.38. The maximum Gasteiger partial charge on any atom is 0.273 e. The van der Waals surface area contributed by atoms with Crippen LogP contribution in [0.5, 0.6) is 0 Å². The maximum absolute atomic E-state index is 13.8. The van der Waals surface area contributed by atoms with E-state index in [0.717, 1.165) is 17.7 Å². The quantitative estimate of drug-likeness (QED) is 0.652. The molecule has 0 atom stereocenters. The molecular weight excluding hydrogens is 315 g/mol. The average molecular weight is 335 g/mol. The highest BCUT2D eigenvalue weighted by molar-refractivity contribution is 5.95. The number of hydrogen-bond acceptors (Lipinski definition) is 2. The van der Waals surface area contributed by atoms with Gasteiger partial charge in [0, 0.05) is 13.1 Å². The fraction of sp³-hybridized carbons (Fsp3) is 0.333. The molecule has 3 nitrogen and oxygen atoms in total. The van der Waals surface area contributed by atoms with Gasteiger partial charge < -0.3 is 5.73 Å². The van der Waals surface area contributed by atoms with Gasteiger partial charge in [-0.25, -0.2) is 13.2 Å². The molecule has 2 N–H and O–H groups in total. The van der Waals surface area contributed by atoms with Gasteiger partial charge in [-0.15, -0.1) is 0 Å². The Bertz CT molecular complexity index is 749. The Labute approximate surface area is 139 Å². The smallest absolute Gasteiger partial charge is 0.273 e. The molecule has 2 aromatic rings. The van der Waals surface area contributed by atoms with E-state index in [0.29, 0.717) is 24.1 Å². The molecule has 0 spiro atoms. The number of halogens is 3. The lowest BCUT2D eigenvalue weighted by atomic mass is 10.0. The number of aromatic nitrogens is 1. The Morgan fingerprint density at radius 2 is 1.96 bits per heavy atom. The van der Waals surface area contributed by atoms with Crippen molar-refractivity contribution in [2.75, 3.05) is 0 Å². The van der Waals surface area contributed by atoms with Crippen molar-refractivity contribution in [2.45, 2.75) is 39.2 Å². The second-order valence-electron chi connectivity index (χ2n) is 6.03. The van der Waals surface area contributed by atoms with Crippen molar-refractivity contribution >= 4 is 5.84 Å². The van der Waals surface area contributed by atoms with Gasteiger partial charge in [0.2, 0.25) is 0 Å². The fourth-order valence-electron chi connectivity index (χ4n) is 2.22. The molecule has 0 aliphatic rings. The lowest BCUT2D eigenvalue weighted by Gasteiger charge is -2.12. The van der Waals surface area contributed by atoms with Crippen LogP contribution in [0.15, 0.2) is 41.5 Å². The van der Waals surface area contributed by atoms with Crippen molar-refractivity contribution < 1.29 is 13.2 Å². The van der Waals surface area contributed by atoms with Crippen molar-refractivity contribution in [3.8, 4) is 0 Å². The molecular formula is C18H20F3N3. The first-order valence-corrected chi connectivity index (χ1v) is 7.61. The largest absolute Gasteiger partial charge is 0.382 e. The number of nitrogens with zero attached hydrogens (tertiary/aromatic N) is 2. The van der Waals surface area contributed by atoms with Gasteiger partial charge in [-0.2, -0.15) is 0 Å². The van der Waals surface area contributed by atoms with E-state index in [1.807, 2.05) is 12.1 Å². The zero-order valence-corrected chi connectivity index (χ0v) is 13.9. The molecule has 0 fully saturated rings. The van der Waals surface area contributed by atoms with Gasteiger partial charge >= 0.3 is 0 Å². The van der Waals surface area contributed by atoms with Crippen molar-refractivity contribution in [3.05, 3.63) is 64.7 Å². The summed E-state index contributed by atoms with van der Waals surface area (Å²) in [5, 5.41) is 0. The minimum absolute atomic E-state index is 0.0892. The summed E-state index contributed by atoms with van der Waals surface area (Å²) in [4.78, 5) is 8.34. The van der Waals surface area contributed by atoms with Crippen LogP contribution in [0.3, 0.4) is 0 Å². The number of rotatable bonds is 5. The Morgan fingerprint density at radius 3 is 2.54 bits per heavy atom. The Kier molecular flexibility index (Phi) is 5.26. The van der Waals surface area contributed by atoms with Crippen molar-refractivity contribution in [1.29, 1.82) is 0 Å². The number of amidine groups is 1. The molecule has 0 saturated carbocycles. The normalized spacial score (nSPS) is 12.7. The van der Waals surface area contributed by atoms with Crippen molar-refractivity contribution in [1.82, 2.24) is 4.98 Å². The van der Waals surface area contributed by atoms with Crippen LogP contribution in [0.1, 0.15) is 49.1 Å². The third-order valence-corrected chi connectivity index (χ3v) is 3.65. The molecule has 0 radical (unpaired) electrons. The Hall–Kier alpha value is -2.37. The van der Waals surface area contributed by atoms with Crippen molar-refractivity contribution in [3.63, 3.8) is 0 Å². The molecule has 128 valence electrons. The molecule has 1 aromatic carbocycles. The molecule has 0 bridgehead atoms. The summed E-state index contributed by atoms with van der Waals surface area (Å²) in [6.45, 7) is 4.86. The van der Waals surface area contributed by atoms with E-state index in [-0.39, 0.29) is 12.4 Å². The summed E-state index contributed by atoms with van der Waals surface area (Å²) in [6.07, 6.45) is 1.66. The number of benzene rings is 1. The van der Waals surface area contributed by atoms with Gasteiger partial charge in [0.1, 0.15) is 17.3 Å². The van der Waals surface area contributed by atoms with E-state index < -0.39 is 17.3 Å². The predicted octanol–water partition coefficient (Wildman–Crippen LogP) is 4.36. The van der Waals surface area contributed by atoms with E-state index in [1.165, 1.54) is 6.07 Å². The number of pyridine rings is 1. The van der Waals surface area contributed by atoms with Crippen LogP contribution in [-0.4, -0.2) is 10.8 Å². The van der Waals surface area contributed by atoms with Gasteiger partial charge in [0.25, 0.3) is 5.92 Å². The molecule has 0 aliphatic carbocycles. The summed E-state index contributed by atoms with van der Waals surface area (Å²) < 4.78 is 40.1. The van der Waals surface area contributed by atoms with Crippen LogP contribution in [0.25, 0.3) is 0 Å². The lowest BCUT2D eigenvalue weighted by Crippen LogP contribution is -2.16. The number of hydrogen-bond donors (Lipinski definition) is 1. The average Bonchev–Trinajstić information content (AvgIpc) is 2.51. The zero-order valence-electron chi connectivity index (χ0n) is 13.9. The first-order valence-electron chi connectivity index (χ1n) is 7.61. The molecule has 0 unspecified atom stereocenters. The zero-order chi connectivity index (χ0) is 17.9. The molecule has 2 rings (SSSR count). The Morgan fingerprint density at radius 1 is 1.25 bits per heavy atom. The van der Waals surface area contributed by atoms with E-state index in [2.05, 4.69) is 23.8 Å². The highest BCUT2D eigenvalue weighted by Gasteiger charge is 2.27. The third kappa shape index (κ3) is 4.34. The molecule has 1 heterocycles. The SMILES string of the molecule is CC(C)c1ccnc(C(N)=NCc2ccc(C(C)(F)F)c(F)c2)c1. The van der Waals surface area contributed by atoms with E-state index in [9.17, 15) is 13.2 Å². The first kappa shape index (κ1) is 18.0. The standard InChI is InChI=1S/C18H20F3N3/c1-11(2)13-6-7-23-16(9-13)17(22)24-10-12-4-5-14(15(19)8-12)18(3,20)21/h4-9,11H,10H2,1-3H3,(H2,22,24). The van der Waals surface area contributed by atoms with Crippen LogP contribution < -0.4 is 5.73 Å². The summed E-state index contributed by atoms with van der Waals surface area (Å²) in [6, 6.07) is 7.31. The number of alkyl halides is 2. The minimum Gasteiger partial charge on any atom is -0.382 e. The van der Waals surface area contributed by atoms with Crippen LogP contribution >= 0.6 is 0 Å². The monoisotopic (exact) mass is 335 g/mol. The maximum atomic E-state index is 13.8. The second-order valence-corrected chi connectivity index (χ2v) is 6.03. The minimum atomic E-state index is -3.22. The van der Waals surface area contributed by atoms with E-state index in [4.69, 9.17) is 5.73 Å². The first-order chi connectivity index (χ1) is 11.2. The highest BCUT2D eigenvalue weighted by Crippen LogP contribution is 2.29.